The molecule has 1 aromatic rings. The number of methoxy groups -OCH3 is 1. The molecule has 0 aliphatic heterocycles. The SMILES string of the molecule is CCC(C)N(CCOC)C(=O)CC(N)c1ccccc1. The topological polar surface area (TPSA) is 55.6 Å². The van der Waals surface area contributed by atoms with Gasteiger partial charge in [-0.05, 0) is 18.9 Å². The fourth-order valence-electron chi connectivity index (χ4n) is 2.12. The minimum absolute atomic E-state index is 0.0905. The molecular weight excluding hydrogens is 252 g/mol. The molecule has 0 aliphatic rings. The summed E-state index contributed by atoms with van der Waals surface area (Å²) in [4.78, 5) is 14.3. The Balaban J connectivity index is 2.65. The van der Waals surface area contributed by atoms with E-state index in [1.807, 2.05) is 35.2 Å². The summed E-state index contributed by atoms with van der Waals surface area (Å²) in [7, 11) is 1.65. The van der Waals surface area contributed by atoms with Crippen LogP contribution in [-0.2, 0) is 9.53 Å². The molecule has 0 fully saturated rings. The van der Waals surface area contributed by atoms with Gasteiger partial charge in [-0.2, -0.15) is 0 Å². The van der Waals surface area contributed by atoms with Crippen LogP contribution in [0.2, 0.25) is 0 Å². The predicted molar refractivity (Wildman–Crippen MR) is 81.3 cm³/mol. The van der Waals surface area contributed by atoms with Crippen LogP contribution in [0.1, 0.15) is 38.3 Å². The van der Waals surface area contributed by atoms with Crippen molar-refractivity contribution >= 4 is 5.91 Å². The Morgan fingerprint density at radius 3 is 2.55 bits per heavy atom. The molecule has 2 atom stereocenters. The Bertz CT molecular complexity index is 395. The lowest BCUT2D eigenvalue weighted by Gasteiger charge is -2.29. The molecule has 0 radical (unpaired) electrons. The molecule has 1 aromatic carbocycles. The highest BCUT2D eigenvalue weighted by molar-refractivity contribution is 5.77. The van der Waals surface area contributed by atoms with Crippen molar-refractivity contribution in [1.82, 2.24) is 4.90 Å². The smallest absolute Gasteiger partial charge is 0.224 e. The molecule has 1 amide bonds. The molecular formula is C16H26N2O2. The van der Waals surface area contributed by atoms with Crippen molar-refractivity contribution in [2.24, 2.45) is 5.73 Å². The number of nitrogens with zero attached hydrogens (tertiary/aromatic N) is 1. The Labute approximate surface area is 121 Å². The second-order valence-corrected chi connectivity index (χ2v) is 5.06. The fourth-order valence-corrected chi connectivity index (χ4v) is 2.12. The summed E-state index contributed by atoms with van der Waals surface area (Å²) in [5.74, 6) is 0.0905. The standard InChI is InChI=1S/C16H26N2O2/c1-4-13(2)18(10-11-20-3)16(19)12-15(17)14-8-6-5-7-9-14/h5-9,13,15H,4,10-12,17H2,1-3H3. The largest absolute Gasteiger partial charge is 0.383 e. The Hall–Kier alpha value is -1.39. The van der Waals surface area contributed by atoms with Crippen molar-refractivity contribution in [3.63, 3.8) is 0 Å². The summed E-state index contributed by atoms with van der Waals surface area (Å²) in [6, 6.07) is 9.70. The van der Waals surface area contributed by atoms with E-state index in [1.165, 1.54) is 0 Å². The Kier molecular flexibility index (Phi) is 7.26. The van der Waals surface area contributed by atoms with Gasteiger partial charge in [0.1, 0.15) is 0 Å². The summed E-state index contributed by atoms with van der Waals surface area (Å²) < 4.78 is 5.08. The number of carbonyl (C=O) groups excluding carboxylic acids is 1. The lowest BCUT2D eigenvalue weighted by Crippen LogP contribution is -2.41. The monoisotopic (exact) mass is 278 g/mol. The van der Waals surface area contributed by atoms with Gasteiger partial charge in [0, 0.05) is 32.2 Å². The molecule has 0 spiro atoms. The van der Waals surface area contributed by atoms with E-state index in [2.05, 4.69) is 13.8 Å². The first-order valence-electron chi connectivity index (χ1n) is 7.19. The lowest BCUT2D eigenvalue weighted by molar-refractivity contribution is -0.134. The highest BCUT2D eigenvalue weighted by Gasteiger charge is 2.21. The van der Waals surface area contributed by atoms with E-state index in [0.29, 0.717) is 19.6 Å². The second kappa shape index (κ2) is 8.72. The van der Waals surface area contributed by atoms with Crippen molar-refractivity contribution < 1.29 is 9.53 Å². The van der Waals surface area contributed by atoms with Gasteiger partial charge in [-0.25, -0.2) is 0 Å². The number of carbonyl (C=O) groups is 1. The lowest BCUT2D eigenvalue weighted by atomic mass is 10.0. The van der Waals surface area contributed by atoms with Crippen molar-refractivity contribution in [2.45, 2.75) is 38.8 Å². The fraction of sp³-hybridized carbons (Fsp3) is 0.562. The van der Waals surface area contributed by atoms with E-state index in [1.54, 1.807) is 7.11 Å². The summed E-state index contributed by atoms with van der Waals surface area (Å²) in [5.41, 5.74) is 7.12. The van der Waals surface area contributed by atoms with Crippen molar-refractivity contribution in [2.75, 3.05) is 20.3 Å². The molecule has 0 aromatic heterocycles. The molecule has 4 heteroatoms. The van der Waals surface area contributed by atoms with E-state index >= 15 is 0 Å². The minimum Gasteiger partial charge on any atom is -0.383 e. The van der Waals surface area contributed by atoms with Gasteiger partial charge < -0.3 is 15.4 Å². The second-order valence-electron chi connectivity index (χ2n) is 5.06. The van der Waals surface area contributed by atoms with Gasteiger partial charge >= 0.3 is 0 Å². The van der Waals surface area contributed by atoms with Crippen LogP contribution in [0, 0.1) is 0 Å². The molecule has 0 heterocycles. The quantitative estimate of drug-likeness (QED) is 0.794. The zero-order chi connectivity index (χ0) is 15.0. The van der Waals surface area contributed by atoms with Gasteiger partial charge in [0.2, 0.25) is 5.91 Å². The van der Waals surface area contributed by atoms with Crippen LogP contribution in [0.15, 0.2) is 30.3 Å². The normalized spacial score (nSPS) is 13.8. The number of amides is 1. The average molecular weight is 278 g/mol. The van der Waals surface area contributed by atoms with Crippen LogP contribution in [0.5, 0.6) is 0 Å². The summed E-state index contributed by atoms with van der Waals surface area (Å²) in [6.45, 7) is 5.30. The van der Waals surface area contributed by atoms with E-state index in [0.717, 1.165) is 12.0 Å². The zero-order valence-electron chi connectivity index (χ0n) is 12.7. The van der Waals surface area contributed by atoms with Gasteiger partial charge in [0.25, 0.3) is 0 Å². The number of nitrogens with two attached hydrogens (primary N) is 1. The van der Waals surface area contributed by atoms with Gasteiger partial charge in [-0.3, -0.25) is 4.79 Å². The number of hydrogen-bond acceptors (Lipinski definition) is 3. The zero-order valence-corrected chi connectivity index (χ0v) is 12.7. The third-order valence-electron chi connectivity index (χ3n) is 3.60. The van der Waals surface area contributed by atoms with Crippen LogP contribution in [-0.4, -0.2) is 37.1 Å². The molecule has 20 heavy (non-hydrogen) atoms. The maximum atomic E-state index is 12.4. The van der Waals surface area contributed by atoms with Crippen molar-refractivity contribution in [3.8, 4) is 0 Å². The molecule has 0 aliphatic carbocycles. The predicted octanol–water partition coefficient (Wildman–Crippen LogP) is 2.35. The molecule has 112 valence electrons. The molecule has 4 nitrogen and oxygen atoms in total. The van der Waals surface area contributed by atoms with Gasteiger partial charge in [-0.1, -0.05) is 37.3 Å². The first kappa shape index (κ1) is 16.7. The van der Waals surface area contributed by atoms with Crippen LogP contribution in [0.25, 0.3) is 0 Å². The van der Waals surface area contributed by atoms with Crippen LogP contribution in [0.3, 0.4) is 0 Å². The third-order valence-corrected chi connectivity index (χ3v) is 3.60. The minimum atomic E-state index is -0.252. The van der Waals surface area contributed by atoms with Crippen molar-refractivity contribution in [1.29, 1.82) is 0 Å². The maximum absolute atomic E-state index is 12.4. The number of benzene rings is 1. The molecule has 2 N–H and O–H groups in total. The number of hydrogen-bond donors (Lipinski definition) is 1. The Morgan fingerprint density at radius 2 is 2.00 bits per heavy atom. The van der Waals surface area contributed by atoms with E-state index in [9.17, 15) is 4.79 Å². The van der Waals surface area contributed by atoms with Gasteiger partial charge in [-0.15, -0.1) is 0 Å². The van der Waals surface area contributed by atoms with Crippen LogP contribution in [0.4, 0.5) is 0 Å². The van der Waals surface area contributed by atoms with E-state index < -0.39 is 0 Å². The number of rotatable bonds is 8. The Morgan fingerprint density at radius 1 is 1.35 bits per heavy atom. The van der Waals surface area contributed by atoms with Gasteiger partial charge in [0.15, 0.2) is 0 Å². The third kappa shape index (κ3) is 4.94. The molecule has 0 bridgehead atoms. The summed E-state index contributed by atoms with van der Waals surface area (Å²) in [5, 5.41) is 0. The molecule has 0 saturated heterocycles. The molecule has 0 saturated carbocycles. The van der Waals surface area contributed by atoms with E-state index in [-0.39, 0.29) is 18.0 Å². The van der Waals surface area contributed by atoms with Crippen LogP contribution < -0.4 is 5.73 Å². The summed E-state index contributed by atoms with van der Waals surface area (Å²) >= 11 is 0. The van der Waals surface area contributed by atoms with Gasteiger partial charge in [0.05, 0.1) is 6.61 Å². The highest BCUT2D eigenvalue weighted by atomic mass is 16.5. The van der Waals surface area contributed by atoms with E-state index in [4.69, 9.17) is 10.5 Å². The summed E-state index contributed by atoms with van der Waals surface area (Å²) in [6.07, 6.45) is 1.26. The average Bonchev–Trinajstić information content (AvgIpc) is 2.48. The van der Waals surface area contributed by atoms with Crippen molar-refractivity contribution in [3.05, 3.63) is 35.9 Å². The molecule has 1 rings (SSSR count). The molecule has 2 unspecified atom stereocenters. The number of ether oxygens (including phenoxy) is 1. The first-order valence-corrected chi connectivity index (χ1v) is 7.19. The highest BCUT2D eigenvalue weighted by Crippen LogP contribution is 2.16. The first-order chi connectivity index (χ1) is 9.60. The van der Waals surface area contributed by atoms with Crippen LogP contribution >= 0.6 is 0 Å². The maximum Gasteiger partial charge on any atom is 0.224 e.